The molecular weight excluding hydrogens is 240 g/mol. The Labute approximate surface area is 116 Å². The molecule has 1 N–H and O–H groups in total. The van der Waals surface area contributed by atoms with Gasteiger partial charge in [0.2, 0.25) is 0 Å². The highest BCUT2D eigenvalue weighted by molar-refractivity contribution is 5.31. The quantitative estimate of drug-likeness (QED) is 0.657. The summed E-state index contributed by atoms with van der Waals surface area (Å²) in [5.41, 5.74) is 0. The van der Waals surface area contributed by atoms with E-state index in [4.69, 9.17) is 9.47 Å². The number of hydrogen-bond acceptors (Lipinski definition) is 4. The first-order valence-corrected chi connectivity index (χ1v) is 6.92. The predicted molar refractivity (Wildman–Crippen MR) is 79.1 cm³/mol. The van der Waals surface area contributed by atoms with Crippen LogP contribution in [0.2, 0.25) is 0 Å². The molecular formula is C15H26N2O2. The van der Waals surface area contributed by atoms with Gasteiger partial charge in [-0.2, -0.15) is 0 Å². The summed E-state index contributed by atoms with van der Waals surface area (Å²) in [7, 11) is 3.78. The minimum Gasteiger partial charge on any atom is -0.497 e. The Balaban J connectivity index is 2.11. The molecule has 0 unspecified atom stereocenters. The minimum absolute atomic E-state index is 0.705. The van der Waals surface area contributed by atoms with Gasteiger partial charge in [0, 0.05) is 19.6 Å². The average Bonchev–Trinajstić information content (AvgIpc) is 2.44. The molecule has 0 amide bonds. The number of benzene rings is 1. The van der Waals surface area contributed by atoms with E-state index in [2.05, 4.69) is 24.2 Å². The first-order valence-electron chi connectivity index (χ1n) is 6.92. The number of rotatable bonds is 10. The van der Waals surface area contributed by atoms with Crippen LogP contribution in [0.4, 0.5) is 0 Å². The first-order chi connectivity index (χ1) is 9.26. The van der Waals surface area contributed by atoms with E-state index in [1.165, 1.54) is 6.42 Å². The van der Waals surface area contributed by atoms with Gasteiger partial charge in [0.1, 0.15) is 18.1 Å². The Morgan fingerprint density at radius 2 is 1.74 bits per heavy atom. The normalized spacial score (nSPS) is 10.7. The van der Waals surface area contributed by atoms with Crippen molar-refractivity contribution in [2.45, 2.75) is 13.3 Å². The topological polar surface area (TPSA) is 33.7 Å². The third kappa shape index (κ3) is 7.03. The number of nitrogens with zero attached hydrogens (tertiary/aromatic N) is 1. The number of methoxy groups -OCH3 is 1. The summed E-state index contributed by atoms with van der Waals surface area (Å²) in [4.78, 5) is 2.27. The molecule has 19 heavy (non-hydrogen) atoms. The van der Waals surface area contributed by atoms with Gasteiger partial charge in [-0.3, -0.25) is 0 Å². The van der Waals surface area contributed by atoms with Crippen LogP contribution in [0.5, 0.6) is 11.5 Å². The highest BCUT2D eigenvalue weighted by Gasteiger charge is 1.99. The van der Waals surface area contributed by atoms with E-state index in [9.17, 15) is 0 Å². The van der Waals surface area contributed by atoms with Gasteiger partial charge >= 0.3 is 0 Å². The SMILES string of the molecule is CCCNCCN(C)CCOc1ccc(OC)cc1. The maximum atomic E-state index is 5.69. The van der Waals surface area contributed by atoms with Gasteiger partial charge in [-0.15, -0.1) is 0 Å². The lowest BCUT2D eigenvalue weighted by Gasteiger charge is -2.17. The van der Waals surface area contributed by atoms with Crippen LogP contribution in [-0.2, 0) is 0 Å². The van der Waals surface area contributed by atoms with Crippen molar-refractivity contribution in [2.75, 3.05) is 46.9 Å². The summed E-state index contributed by atoms with van der Waals surface area (Å²) in [6, 6.07) is 7.69. The van der Waals surface area contributed by atoms with Crippen molar-refractivity contribution in [3.8, 4) is 11.5 Å². The van der Waals surface area contributed by atoms with Crippen LogP contribution in [0, 0.1) is 0 Å². The second-order valence-electron chi connectivity index (χ2n) is 4.58. The van der Waals surface area contributed by atoms with Gasteiger partial charge in [-0.1, -0.05) is 6.92 Å². The van der Waals surface area contributed by atoms with Crippen molar-refractivity contribution in [3.63, 3.8) is 0 Å². The lowest BCUT2D eigenvalue weighted by atomic mass is 10.3. The summed E-state index contributed by atoms with van der Waals surface area (Å²) in [5, 5.41) is 3.39. The van der Waals surface area contributed by atoms with Gasteiger partial charge in [0.15, 0.2) is 0 Å². The van der Waals surface area contributed by atoms with Gasteiger partial charge in [0.25, 0.3) is 0 Å². The summed E-state index contributed by atoms with van der Waals surface area (Å²) in [6.45, 7) is 6.99. The molecule has 0 spiro atoms. The maximum Gasteiger partial charge on any atom is 0.119 e. The minimum atomic E-state index is 0.705. The zero-order valence-electron chi connectivity index (χ0n) is 12.3. The molecule has 1 rings (SSSR count). The summed E-state index contributed by atoms with van der Waals surface area (Å²) in [5.74, 6) is 1.74. The molecule has 0 heterocycles. The maximum absolute atomic E-state index is 5.69. The Bertz CT molecular complexity index is 327. The van der Waals surface area contributed by atoms with Gasteiger partial charge in [-0.25, -0.2) is 0 Å². The average molecular weight is 266 g/mol. The summed E-state index contributed by atoms with van der Waals surface area (Å²) in [6.07, 6.45) is 1.18. The third-order valence-corrected chi connectivity index (χ3v) is 2.90. The molecule has 0 radical (unpaired) electrons. The van der Waals surface area contributed by atoms with Gasteiger partial charge in [0.05, 0.1) is 7.11 Å². The third-order valence-electron chi connectivity index (χ3n) is 2.90. The zero-order chi connectivity index (χ0) is 13.9. The van der Waals surface area contributed by atoms with E-state index < -0.39 is 0 Å². The zero-order valence-corrected chi connectivity index (χ0v) is 12.3. The summed E-state index contributed by atoms with van der Waals surface area (Å²) < 4.78 is 10.8. The van der Waals surface area contributed by atoms with Crippen LogP contribution in [0.25, 0.3) is 0 Å². The molecule has 0 aliphatic rings. The Morgan fingerprint density at radius 3 is 2.37 bits per heavy atom. The molecule has 1 aromatic rings. The Kier molecular flexibility index (Phi) is 8.02. The molecule has 108 valence electrons. The molecule has 0 saturated heterocycles. The van der Waals surface area contributed by atoms with E-state index in [-0.39, 0.29) is 0 Å². The monoisotopic (exact) mass is 266 g/mol. The van der Waals surface area contributed by atoms with Crippen LogP contribution in [0.3, 0.4) is 0 Å². The highest BCUT2D eigenvalue weighted by Crippen LogP contribution is 2.16. The van der Waals surface area contributed by atoms with E-state index >= 15 is 0 Å². The molecule has 0 aliphatic heterocycles. The fraction of sp³-hybridized carbons (Fsp3) is 0.600. The number of likely N-dealkylation sites (N-methyl/N-ethyl adjacent to an activating group) is 1. The Morgan fingerprint density at radius 1 is 1.05 bits per heavy atom. The fourth-order valence-corrected chi connectivity index (χ4v) is 1.67. The predicted octanol–water partition coefficient (Wildman–Crippen LogP) is 2.01. The second-order valence-corrected chi connectivity index (χ2v) is 4.58. The standard InChI is InChI=1S/C15H26N2O2/c1-4-9-16-10-11-17(2)12-13-19-15-7-5-14(18-3)6-8-15/h5-8,16H,4,9-13H2,1-3H3. The lowest BCUT2D eigenvalue weighted by molar-refractivity contribution is 0.237. The highest BCUT2D eigenvalue weighted by atomic mass is 16.5. The smallest absolute Gasteiger partial charge is 0.119 e. The largest absolute Gasteiger partial charge is 0.497 e. The van der Waals surface area contributed by atoms with Crippen molar-refractivity contribution < 1.29 is 9.47 Å². The molecule has 0 bridgehead atoms. The molecule has 4 nitrogen and oxygen atoms in total. The van der Waals surface area contributed by atoms with Crippen molar-refractivity contribution in [2.24, 2.45) is 0 Å². The molecule has 0 atom stereocenters. The van der Waals surface area contributed by atoms with Crippen molar-refractivity contribution in [1.29, 1.82) is 0 Å². The molecule has 4 heteroatoms. The molecule has 1 aromatic carbocycles. The lowest BCUT2D eigenvalue weighted by Crippen LogP contribution is -2.32. The van der Waals surface area contributed by atoms with Gasteiger partial charge in [-0.05, 0) is 44.3 Å². The van der Waals surface area contributed by atoms with E-state index in [0.29, 0.717) is 6.61 Å². The fourth-order valence-electron chi connectivity index (χ4n) is 1.67. The molecule has 0 saturated carbocycles. The number of nitrogens with one attached hydrogen (secondary N) is 1. The van der Waals surface area contributed by atoms with Crippen LogP contribution < -0.4 is 14.8 Å². The number of ether oxygens (including phenoxy) is 2. The molecule has 0 aliphatic carbocycles. The van der Waals surface area contributed by atoms with Crippen LogP contribution in [0.1, 0.15) is 13.3 Å². The van der Waals surface area contributed by atoms with Gasteiger partial charge < -0.3 is 19.7 Å². The van der Waals surface area contributed by atoms with E-state index in [1.807, 2.05) is 24.3 Å². The summed E-state index contributed by atoms with van der Waals surface area (Å²) >= 11 is 0. The van der Waals surface area contributed by atoms with Crippen molar-refractivity contribution in [1.82, 2.24) is 10.2 Å². The van der Waals surface area contributed by atoms with Crippen molar-refractivity contribution >= 4 is 0 Å². The Hall–Kier alpha value is -1.26. The van der Waals surface area contributed by atoms with Crippen LogP contribution in [-0.4, -0.2) is 51.8 Å². The van der Waals surface area contributed by atoms with E-state index in [1.54, 1.807) is 7.11 Å². The number of hydrogen-bond donors (Lipinski definition) is 1. The van der Waals surface area contributed by atoms with Crippen molar-refractivity contribution in [3.05, 3.63) is 24.3 Å². The van der Waals surface area contributed by atoms with E-state index in [0.717, 1.165) is 37.7 Å². The molecule has 0 aromatic heterocycles. The van der Waals surface area contributed by atoms with Crippen LogP contribution >= 0.6 is 0 Å². The molecule has 0 fully saturated rings. The van der Waals surface area contributed by atoms with Crippen LogP contribution in [0.15, 0.2) is 24.3 Å². The second kappa shape index (κ2) is 9.64. The first kappa shape index (κ1) is 15.8.